The molecule has 1 amide bonds. The number of fused-ring (bicyclic) bond motifs is 1. The number of nitrogens with one attached hydrogen (secondary N) is 1. The molecule has 2 aromatic carbocycles. The average Bonchev–Trinajstić information content (AvgIpc) is 2.59. The van der Waals surface area contributed by atoms with Gasteiger partial charge in [-0.05, 0) is 24.3 Å². The summed E-state index contributed by atoms with van der Waals surface area (Å²) < 4.78 is 0. The molecule has 0 saturated carbocycles. The lowest BCUT2D eigenvalue weighted by atomic mass is 10.0. The SMILES string of the molecule is NC1N=C(c2cc(Cl)ccc2Cl)c2ccccc2NC1=O. The van der Waals surface area contributed by atoms with Crippen LogP contribution in [-0.4, -0.2) is 17.8 Å². The Hall–Kier alpha value is -1.88. The molecular formula is C15H11Cl2N3O. The minimum atomic E-state index is -0.998. The van der Waals surface area contributed by atoms with E-state index in [4.69, 9.17) is 28.9 Å². The highest BCUT2D eigenvalue weighted by Gasteiger charge is 2.23. The Bertz CT molecular complexity index is 758. The third-order valence-corrected chi connectivity index (χ3v) is 3.73. The van der Waals surface area contributed by atoms with Crippen LogP contribution in [-0.2, 0) is 4.79 Å². The number of hydrogen-bond acceptors (Lipinski definition) is 3. The van der Waals surface area contributed by atoms with Crippen molar-refractivity contribution in [3.63, 3.8) is 0 Å². The Morgan fingerprint density at radius 3 is 2.67 bits per heavy atom. The fourth-order valence-corrected chi connectivity index (χ4v) is 2.55. The predicted octanol–water partition coefficient (Wildman–Crippen LogP) is 3.07. The molecule has 0 fully saturated rings. The van der Waals surface area contributed by atoms with Crippen molar-refractivity contribution in [3.05, 3.63) is 63.6 Å². The molecule has 106 valence electrons. The topological polar surface area (TPSA) is 67.5 Å². The number of carbonyl (C=O) groups excluding carboxylic acids is 1. The number of amides is 1. The first kappa shape index (κ1) is 14.1. The quantitative estimate of drug-likeness (QED) is 0.848. The molecule has 1 aliphatic heterocycles. The van der Waals surface area contributed by atoms with E-state index in [1.165, 1.54) is 0 Å². The van der Waals surface area contributed by atoms with Gasteiger partial charge in [0, 0.05) is 16.1 Å². The number of benzene rings is 2. The molecule has 1 aliphatic rings. The first-order valence-electron chi connectivity index (χ1n) is 6.25. The monoisotopic (exact) mass is 319 g/mol. The van der Waals surface area contributed by atoms with Gasteiger partial charge in [0.15, 0.2) is 6.17 Å². The van der Waals surface area contributed by atoms with Crippen molar-refractivity contribution in [2.75, 3.05) is 5.32 Å². The van der Waals surface area contributed by atoms with Crippen LogP contribution in [0.4, 0.5) is 5.69 Å². The number of nitrogens with two attached hydrogens (primary N) is 1. The van der Waals surface area contributed by atoms with Crippen LogP contribution in [0.3, 0.4) is 0 Å². The minimum absolute atomic E-state index is 0.365. The fraction of sp³-hybridized carbons (Fsp3) is 0.0667. The number of aliphatic imine (C=N–C) groups is 1. The molecule has 0 saturated heterocycles. The molecule has 1 unspecified atom stereocenters. The maximum Gasteiger partial charge on any atom is 0.263 e. The number of anilines is 1. The van der Waals surface area contributed by atoms with Gasteiger partial charge in [0.1, 0.15) is 0 Å². The Kier molecular flexibility index (Phi) is 3.68. The second-order valence-corrected chi connectivity index (χ2v) is 5.43. The van der Waals surface area contributed by atoms with Crippen LogP contribution in [0.15, 0.2) is 47.5 Å². The number of benzodiazepines with no additional fused rings is 1. The molecule has 0 aliphatic carbocycles. The van der Waals surface area contributed by atoms with Crippen molar-refractivity contribution in [3.8, 4) is 0 Å². The van der Waals surface area contributed by atoms with Crippen LogP contribution in [0.5, 0.6) is 0 Å². The molecule has 3 rings (SSSR count). The summed E-state index contributed by atoms with van der Waals surface area (Å²) in [5.74, 6) is -0.365. The smallest absolute Gasteiger partial charge is 0.263 e. The van der Waals surface area contributed by atoms with Gasteiger partial charge in [0.25, 0.3) is 5.91 Å². The van der Waals surface area contributed by atoms with Gasteiger partial charge in [-0.25, -0.2) is 0 Å². The molecule has 0 spiro atoms. The molecule has 6 heteroatoms. The molecule has 0 radical (unpaired) electrons. The summed E-state index contributed by atoms with van der Waals surface area (Å²) >= 11 is 12.3. The Morgan fingerprint density at radius 1 is 1.10 bits per heavy atom. The number of rotatable bonds is 1. The molecule has 0 bridgehead atoms. The van der Waals surface area contributed by atoms with Gasteiger partial charge in [-0.15, -0.1) is 0 Å². The molecule has 1 atom stereocenters. The van der Waals surface area contributed by atoms with Crippen LogP contribution >= 0.6 is 23.2 Å². The second-order valence-electron chi connectivity index (χ2n) is 4.58. The van der Waals surface area contributed by atoms with Gasteiger partial charge in [-0.2, -0.15) is 0 Å². The van der Waals surface area contributed by atoms with Crippen molar-refractivity contribution in [1.82, 2.24) is 0 Å². The van der Waals surface area contributed by atoms with Crippen LogP contribution in [0.1, 0.15) is 11.1 Å². The maximum absolute atomic E-state index is 11.9. The minimum Gasteiger partial charge on any atom is -0.322 e. The second kappa shape index (κ2) is 5.48. The third kappa shape index (κ3) is 2.65. The lowest BCUT2D eigenvalue weighted by molar-refractivity contribution is -0.117. The number of halogens is 2. The largest absolute Gasteiger partial charge is 0.322 e. The first-order valence-corrected chi connectivity index (χ1v) is 7.01. The van der Waals surface area contributed by atoms with E-state index in [0.717, 1.165) is 5.56 Å². The summed E-state index contributed by atoms with van der Waals surface area (Å²) in [5, 5.41) is 3.78. The zero-order chi connectivity index (χ0) is 15.0. The molecule has 1 heterocycles. The zero-order valence-electron chi connectivity index (χ0n) is 10.8. The molecule has 2 aromatic rings. The van der Waals surface area contributed by atoms with E-state index in [9.17, 15) is 4.79 Å². The highest BCUT2D eigenvalue weighted by Crippen LogP contribution is 2.28. The van der Waals surface area contributed by atoms with Gasteiger partial charge in [-0.1, -0.05) is 41.4 Å². The highest BCUT2D eigenvalue weighted by atomic mass is 35.5. The van der Waals surface area contributed by atoms with E-state index in [-0.39, 0.29) is 5.91 Å². The lowest BCUT2D eigenvalue weighted by Crippen LogP contribution is -2.33. The number of para-hydroxylation sites is 1. The van der Waals surface area contributed by atoms with E-state index in [2.05, 4.69) is 10.3 Å². The van der Waals surface area contributed by atoms with E-state index < -0.39 is 6.17 Å². The fourth-order valence-electron chi connectivity index (χ4n) is 2.17. The van der Waals surface area contributed by atoms with E-state index in [0.29, 0.717) is 27.0 Å². The standard InChI is InChI=1S/C15H11Cl2N3O/c16-8-5-6-11(17)10(7-8)13-9-3-1-2-4-12(9)19-15(21)14(18)20-13/h1-7,14H,18H2,(H,19,21). The van der Waals surface area contributed by atoms with Gasteiger partial charge in [-0.3, -0.25) is 9.79 Å². The van der Waals surface area contributed by atoms with Crippen molar-refractivity contribution in [2.45, 2.75) is 6.17 Å². The van der Waals surface area contributed by atoms with Gasteiger partial charge >= 0.3 is 0 Å². The highest BCUT2D eigenvalue weighted by molar-refractivity contribution is 6.37. The third-order valence-electron chi connectivity index (χ3n) is 3.16. The first-order chi connectivity index (χ1) is 10.1. The summed E-state index contributed by atoms with van der Waals surface area (Å²) in [5.41, 5.74) is 8.38. The van der Waals surface area contributed by atoms with Gasteiger partial charge < -0.3 is 11.1 Å². The van der Waals surface area contributed by atoms with Crippen LogP contribution in [0, 0.1) is 0 Å². The average molecular weight is 320 g/mol. The van der Waals surface area contributed by atoms with Gasteiger partial charge in [0.2, 0.25) is 0 Å². The molecule has 21 heavy (non-hydrogen) atoms. The van der Waals surface area contributed by atoms with Crippen LogP contribution in [0.25, 0.3) is 0 Å². The van der Waals surface area contributed by atoms with Crippen LogP contribution in [0.2, 0.25) is 10.0 Å². The van der Waals surface area contributed by atoms with Crippen LogP contribution < -0.4 is 11.1 Å². The zero-order valence-corrected chi connectivity index (χ0v) is 12.3. The summed E-state index contributed by atoms with van der Waals surface area (Å²) in [7, 11) is 0. The van der Waals surface area contributed by atoms with E-state index in [1.807, 2.05) is 18.2 Å². The molecular weight excluding hydrogens is 309 g/mol. The summed E-state index contributed by atoms with van der Waals surface area (Å²) in [6.45, 7) is 0. The number of hydrogen-bond donors (Lipinski definition) is 2. The Labute approximate surface area is 131 Å². The van der Waals surface area contributed by atoms with Crippen molar-refractivity contribution in [1.29, 1.82) is 0 Å². The van der Waals surface area contributed by atoms with Crippen molar-refractivity contribution in [2.24, 2.45) is 10.7 Å². The van der Waals surface area contributed by atoms with Gasteiger partial charge in [0.05, 0.1) is 16.4 Å². The lowest BCUT2D eigenvalue weighted by Gasteiger charge is -2.11. The maximum atomic E-state index is 11.9. The Morgan fingerprint density at radius 2 is 1.86 bits per heavy atom. The van der Waals surface area contributed by atoms with Crippen molar-refractivity contribution >= 4 is 40.5 Å². The summed E-state index contributed by atoms with van der Waals surface area (Å²) in [6, 6.07) is 12.4. The summed E-state index contributed by atoms with van der Waals surface area (Å²) in [4.78, 5) is 16.2. The number of nitrogens with zero attached hydrogens (tertiary/aromatic N) is 1. The van der Waals surface area contributed by atoms with E-state index in [1.54, 1.807) is 24.3 Å². The van der Waals surface area contributed by atoms with Crippen molar-refractivity contribution < 1.29 is 4.79 Å². The molecule has 3 N–H and O–H groups in total. The molecule has 4 nitrogen and oxygen atoms in total. The predicted molar refractivity (Wildman–Crippen MR) is 85.1 cm³/mol. The number of carbonyl (C=O) groups is 1. The Balaban J connectivity index is 2.26. The normalized spacial score (nSPS) is 17.6. The van der Waals surface area contributed by atoms with E-state index >= 15 is 0 Å². The summed E-state index contributed by atoms with van der Waals surface area (Å²) in [6.07, 6.45) is -0.998. The molecule has 0 aromatic heterocycles.